The average Bonchev–Trinajstić information content (AvgIpc) is 3.01. The normalized spacial score (nSPS) is 10.4. The molecule has 0 spiro atoms. The summed E-state index contributed by atoms with van der Waals surface area (Å²) in [7, 11) is 3.01. The molecule has 0 saturated carbocycles. The van der Waals surface area contributed by atoms with Gasteiger partial charge in [0.1, 0.15) is 16.5 Å². The van der Waals surface area contributed by atoms with Gasteiger partial charge in [0.25, 0.3) is 5.91 Å². The topological polar surface area (TPSA) is 73.9 Å². The van der Waals surface area contributed by atoms with E-state index in [0.29, 0.717) is 27.6 Å². The van der Waals surface area contributed by atoms with Crippen LogP contribution in [0.2, 0.25) is 0 Å². The van der Waals surface area contributed by atoms with Gasteiger partial charge in [-0.25, -0.2) is 4.79 Å². The molecule has 128 valence electrons. The highest BCUT2D eigenvalue weighted by atomic mass is 32.1. The first-order valence-electron chi connectivity index (χ1n) is 7.28. The van der Waals surface area contributed by atoms with Gasteiger partial charge in [0.15, 0.2) is 0 Å². The van der Waals surface area contributed by atoms with Gasteiger partial charge in [-0.3, -0.25) is 4.79 Å². The Morgan fingerprint density at radius 3 is 2.46 bits per heavy atom. The van der Waals surface area contributed by atoms with Gasteiger partial charge >= 0.3 is 5.97 Å². The predicted octanol–water partition coefficient (Wildman–Crippen LogP) is 3.58. The van der Waals surface area contributed by atoms with Crippen molar-refractivity contribution in [3.8, 4) is 11.5 Å². The summed E-state index contributed by atoms with van der Waals surface area (Å²) < 4.78 is 15.5. The maximum Gasteiger partial charge on any atom is 0.341 e. The molecule has 1 N–H and O–H groups in total. The Hall–Kier alpha value is -2.54. The number of carbonyl (C=O) groups is 2. The third kappa shape index (κ3) is 4.05. The van der Waals surface area contributed by atoms with Gasteiger partial charge in [-0.15, -0.1) is 11.3 Å². The highest BCUT2D eigenvalue weighted by Crippen LogP contribution is 2.28. The third-order valence-corrected chi connectivity index (χ3v) is 3.94. The zero-order chi connectivity index (χ0) is 17.7. The zero-order valence-corrected chi connectivity index (χ0v) is 14.7. The molecule has 0 aliphatic rings. The van der Waals surface area contributed by atoms with E-state index in [-0.39, 0.29) is 12.0 Å². The number of hydrogen-bond acceptors (Lipinski definition) is 6. The number of anilines is 1. The standard InChI is InChI=1S/C17H19NO5S/c1-10(2)23-17(20)13-7-8-24-16(13)18-15(19)12-6-5-11(21-3)9-14(12)22-4/h5-10H,1-4H3,(H,18,19). The predicted molar refractivity (Wildman–Crippen MR) is 92.4 cm³/mol. The number of carbonyl (C=O) groups excluding carboxylic acids is 2. The molecule has 0 saturated heterocycles. The number of esters is 1. The minimum absolute atomic E-state index is 0.234. The quantitative estimate of drug-likeness (QED) is 0.807. The Bertz CT molecular complexity index is 738. The first-order valence-corrected chi connectivity index (χ1v) is 8.16. The van der Waals surface area contributed by atoms with E-state index in [9.17, 15) is 9.59 Å². The van der Waals surface area contributed by atoms with Crippen LogP contribution in [0.4, 0.5) is 5.00 Å². The molecule has 0 fully saturated rings. The molecule has 0 bridgehead atoms. The fourth-order valence-electron chi connectivity index (χ4n) is 2.00. The monoisotopic (exact) mass is 349 g/mol. The average molecular weight is 349 g/mol. The number of methoxy groups -OCH3 is 2. The molecule has 6 nitrogen and oxygen atoms in total. The van der Waals surface area contributed by atoms with Gasteiger partial charge in [-0.1, -0.05) is 0 Å². The van der Waals surface area contributed by atoms with Crippen molar-refractivity contribution in [2.24, 2.45) is 0 Å². The molecule has 0 radical (unpaired) electrons. The van der Waals surface area contributed by atoms with E-state index in [4.69, 9.17) is 14.2 Å². The van der Waals surface area contributed by atoms with Crippen LogP contribution in [0.5, 0.6) is 11.5 Å². The SMILES string of the molecule is COc1ccc(C(=O)Nc2sccc2C(=O)OC(C)C)c(OC)c1. The second-order valence-electron chi connectivity index (χ2n) is 5.14. The molecular weight excluding hydrogens is 330 g/mol. The molecule has 2 aromatic rings. The van der Waals surface area contributed by atoms with Crippen molar-refractivity contribution in [3.05, 3.63) is 40.8 Å². The van der Waals surface area contributed by atoms with Crippen molar-refractivity contribution < 1.29 is 23.8 Å². The summed E-state index contributed by atoms with van der Waals surface area (Å²) in [6, 6.07) is 6.51. The highest BCUT2D eigenvalue weighted by molar-refractivity contribution is 7.14. The molecule has 0 atom stereocenters. The Morgan fingerprint density at radius 1 is 1.08 bits per heavy atom. The van der Waals surface area contributed by atoms with E-state index < -0.39 is 5.97 Å². The van der Waals surface area contributed by atoms with Gasteiger partial charge in [0.2, 0.25) is 0 Å². The lowest BCUT2D eigenvalue weighted by Gasteiger charge is -2.11. The summed E-state index contributed by atoms with van der Waals surface area (Å²) in [5.74, 6) is 0.120. The zero-order valence-electron chi connectivity index (χ0n) is 13.9. The second-order valence-corrected chi connectivity index (χ2v) is 6.05. The molecule has 0 aliphatic heterocycles. The third-order valence-electron chi connectivity index (χ3n) is 3.11. The van der Waals surface area contributed by atoms with Crippen molar-refractivity contribution in [3.63, 3.8) is 0 Å². The van der Waals surface area contributed by atoms with Gasteiger partial charge in [0, 0.05) is 6.07 Å². The molecule has 24 heavy (non-hydrogen) atoms. The summed E-state index contributed by atoms with van der Waals surface area (Å²) in [6.45, 7) is 3.54. The van der Waals surface area contributed by atoms with E-state index in [1.807, 2.05) is 0 Å². The van der Waals surface area contributed by atoms with Gasteiger partial charge in [-0.05, 0) is 37.4 Å². The van der Waals surface area contributed by atoms with Gasteiger partial charge < -0.3 is 19.5 Å². The molecule has 1 aromatic carbocycles. The van der Waals surface area contributed by atoms with Crippen molar-refractivity contribution >= 4 is 28.2 Å². The molecule has 1 amide bonds. The maximum atomic E-state index is 12.5. The summed E-state index contributed by atoms with van der Waals surface area (Å²) >= 11 is 1.25. The molecule has 2 rings (SSSR count). The van der Waals surface area contributed by atoms with Crippen molar-refractivity contribution in [2.45, 2.75) is 20.0 Å². The smallest absolute Gasteiger partial charge is 0.341 e. The van der Waals surface area contributed by atoms with Crippen molar-refractivity contribution in [2.75, 3.05) is 19.5 Å². The fraction of sp³-hybridized carbons (Fsp3) is 0.294. The Kier molecular flexibility index (Phi) is 5.81. The Labute approximate surface area is 144 Å². The van der Waals surface area contributed by atoms with E-state index in [2.05, 4.69) is 5.32 Å². The van der Waals surface area contributed by atoms with Gasteiger partial charge in [0.05, 0.1) is 31.5 Å². The number of rotatable bonds is 6. The summed E-state index contributed by atoms with van der Waals surface area (Å²) in [5, 5.41) is 4.88. The first-order chi connectivity index (χ1) is 11.5. The minimum atomic E-state index is -0.469. The largest absolute Gasteiger partial charge is 0.497 e. The van der Waals surface area contributed by atoms with Crippen molar-refractivity contribution in [1.82, 2.24) is 0 Å². The number of benzene rings is 1. The van der Waals surface area contributed by atoms with Crippen LogP contribution in [0.15, 0.2) is 29.6 Å². The molecule has 0 aliphatic carbocycles. The first kappa shape index (κ1) is 17.8. The number of ether oxygens (including phenoxy) is 3. The minimum Gasteiger partial charge on any atom is -0.497 e. The van der Waals surface area contributed by atoms with Crippen LogP contribution in [0, 0.1) is 0 Å². The molecular formula is C17H19NO5S. The van der Waals surface area contributed by atoms with Crippen LogP contribution in [0.1, 0.15) is 34.6 Å². The van der Waals surface area contributed by atoms with E-state index in [0.717, 1.165) is 0 Å². The molecule has 1 heterocycles. The van der Waals surface area contributed by atoms with Crippen molar-refractivity contribution in [1.29, 1.82) is 0 Å². The van der Waals surface area contributed by atoms with E-state index in [1.165, 1.54) is 25.6 Å². The summed E-state index contributed by atoms with van der Waals surface area (Å²) in [4.78, 5) is 24.6. The highest BCUT2D eigenvalue weighted by Gasteiger charge is 2.20. The number of hydrogen-bond donors (Lipinski definition) is 1. The van der Waals surface area contributed by atoms with Crippen LogP contribution in [-0.4, -0.2) is 32.2 Å². The number of amides is 1. The van der Waals surface area contributed by atoms with Crippen LogP contribution >= 0.6 is 11.3 Å². The van der Waals surface area contributed by atoms with E-state index >= 15 is 0 Å². The van der Waals surface area contributed by atoms with Crippen LogP contribution in [-0.2, 0) is 4.74 Å². The summed E-state index contributed by atoms with van der Waals surface area (Å²) in [6.07, 6.45) is -0.234. The van der Waals surface area contributed by atoms with Crippen LogP contribution < -0.4 is 14.8 Å². The fourth-order valence-corrected chi connectivity index (χ4v) is 2.77. The molecule has 0 unspecified atom stereocenters. The number of thiophene rings is 1. The Morgan fingerprint density at radius 2 is 1.83 bits per heavy atom. The van der Waals surface area contributed by atoms with E-state index in [1.54, 1.807) is 43.5 Å². The second kappa shape index (κ2) is 7.83. The van der Waals surface area contributed by atoms with Crippen LogP contribution in [0.3, 0.4) is 0 Å². The van der Waals surface area contributed by atoms with Crippen LogP contribution in [0.25, 0.3) is 0 Å². The number of nitrogens with one attached hydrogen (secondary N) is 1. The lowest BCUT2D eigenvalue weighted by atomic mass is 10.1. The summed E-state index contributed by atoms with van der Waals surface area (Å²) in [5.41, 5.74) is 0.671. The molecule has 1 aromatic heterocycles. The maximum absolute atomic E-state index is 12.5. The lowest BCUT2D eigenvalue weighted by Crippen LogP contribution is -2.16. The van der Waals surface area contributed by atoms with Gasteiger partial charge in [-0.2, -0.15) is 0 Å². The lowest BCUT2D eigenvalue weighted by molar-refractivity contribution is 0.0379. The molecule has 7 heteroatoms. The Balaban J connectivity index is 2.22.